The van der Waals surface area contributed by atoms with E-state index in [2.05, 4.69) is 40.0 Å². The fourth-order valence-electron chi connectivity index (χ4n) is 3.75. The molecule has 2 N–H and O–H groups in total. The van der Waals surface area contributed by atoms with Gasteiger partial charge in [-0.05, 0) is 37.3 Å². The number of hydrogen-bond acceptors (Lipinski definition) is 4. The van der Waals surface area contributed by atoms with Gasteiger partial charge in [0.1, 0.15) is 11.9 Å². The summed E-state index contributed by atoms with van der Waals surface area (Å²) in [4.78, 5) is 12.6. The number of aromatic nitrogens is 2. The van der Waals surface area contributed by atoms with Crippen molar-refractivity contribution in [3.63, 3.8) is 0 Å². The van der Waals surface area contributed by atoms with Gasteiger partial charge in [0, 0.05) is 18.7 Å². The van der Waals surface area contributed by atoms with E-state index in [1.807, 2.05) is 17.8 Å². The monoisotopic (exact) mass is 340 g/mol. The van der Waals surface area contributed by atoms with E-state index in [1.165, 1.54) is 11.1 Å². The normalized spacial score (nSPS) is 23.1. The van der Waals surface area contributed by atoms with Crippen LogP contribution in [0.15, 0.2) is 30.5 Å². The van der Waals surface area contributed by atoms with Gasteiger partial charge in [-0.15, -0.1) is 0 Å². The van der Waals surface area contributed by atoms with Crippen LogP contribution < -0.4 is 10.6 Å². The SMILES string of the molecule is Cc1cnn(C2CCCc3ccccc32)c1NC(=O)C1CNCCO1. The van der Waals surface area contributed by atoms with Gasteiger partial charge in [-0.1, -0.05) is 24.3 Å². The molecule has 1 saturated heterocycles. The third-order valence-corrected chi connectivity index (χ3v) is 5.07. The van der Waals surface area contributed by atoms with Crippen molar-refractivity contribution in [2.45, 2.75) is 38.3 Å². The topological polar surface area (TPSA) is 68.2 Å². The number of benzene rings is 1. The van der Waals surface area contributed by atoms with E-state index >= 15 is 0 Å². The molecule has 6 nitrogen and oxygen atoms in total. The standard InChI is InChI=1S/C19H24N4O2/c1-13-11-21-23(16-8-4-6-14-5-2-3-7-15(14)16)18(13)22-19(24)17-12-20-9-10-25-17/h2-3,5,7,11,16-17,20H,4,6,8-10,12H2,1H3,(H,22,24). The largest absolute Gasteiger partial charge is 0.366 e. The zero-order valence-electron chi connectivity index (χ0n) is 14.5. The first kappa shape index (κ1) is 16.3. The van der Waals surface area contributed by atoms with Gasteiger partial charge >= 0.3 is 0 Å². The number of amides is 1. The van der Waals surface area contributed by atoms with E-state index in [4.69, 9.17) is 4.74 Å². The second-order valence-corrected chi connectivity index (χ2v) is 6.78. The van der Waals surface area contributed by atoms with Crippen molar-refractivity contribution >= 4 is 11.7 Å². The smallest absolute Gasteiger partial charge is 0.255 e. The summed E-state index contributed by atoms with van der Waals surface area (Å²) in [5, 5.41) is 10.8. The van der Waals surface area contributed by atoms with E-state index in [0.717, 1.165) is 37.2 Å². The van der Waals surface area contributed by atoms with Crippen molar-refractivity contribution in [2.24, 2.45) is 0 Å². The minimum absolute atomic E-state index is 0.110. The van der Waals surface area contributed by atoms with Gasteiger partial charge in [0.15, 0.2) is 0 Å². The van der Waals surface area contributed by atoms with Crippen LogP contribution in [0.5, 0.6) is 0 Å². The summed E-state index contributed by atoms with van der Waals surface area (Å²) in [6.07, 6.45) is 4.64. The molecule has 1 fully saturated rings. The lowest BCUT2D eigenvalue weighted by Crippen LogP contribution is -2.45. The van der Waals surface area contributed by atoms with Gasteiger partial charge < -0.3 is 15.4 Å². The number of nitrogens with zero attached hydrogens (tertiary/aromatic N) is 2. The predicted octanol–water partition coefficient (Wildman–Crippen LogP) is 2.04. The van der Waals surface area contributed by atoms with Gasteiger partial charge in [-0.3, -0.25) is 4.79 Å². The van der Waals surface area contributed by atoms with Gasteiger partial charge in [0.05, 0.1) is 18.8 Å². The van der Waals surface area contributed by atoms with Crippen molar-refractivity contribution in [1.29, 1.82) is 0 Å². The summed E-state index contributed by atoms with van der Waals surface area (Å²) in [6.45, 7) is 3.88. The van der Waals surface area contributed by atoms with E-state index in [9.17, 15) is 4.79 Å². The van der Waals surface area contributed by atoms with Crippen LogP contribution in [0.1, 0.15) is 35.6 Å². The minimum Gasteiger partial charge on any atom is -0.366 e. The fourth-order valence-corrected chi connectivity index (χ4v) is 3.75. The molecule has 132 valence electrons. The lowest BCUT2D eigenvalue weighted by atomic mass is 9.88. The highest BCUT2D eigenvalue weighted by Crippen LogP contribution is 2.35. The number of hydrogen-bond donors (Lipinski definition) is 2. The lowest BCUT2D eigenvalue weighted by Gasteiger charge is -2.28. The Morgan fingerprint density at radius 3 is 3.12 bits per heavy atom. The molecule has 1 aliphatic heterocycles. The molecule has 1 aromatic heterocycles. The number of morpholine rings is 1. The zero-order chi connectivity index (χ0) is 17.2. The molecule has 0 radical (unpaired) electrons. The molecule has 1 amide bonds. The highest BCUT2D eigenvalue weighted by Gasteiger charge is 2.27. The Labute approximate surface area is 147 Å². The molecule has 2 heterocycles. The van der Waals surface area contributed by atoms with Gasteiger partial charge in [0.25, 0.3) is 5.91 Å². The number of fused-ring (bicyclic) bond motifs is 1. The summed E-state index contributed by atoms with van der Waals surface area (Å²) in [5.41, 5.74) is 3.66. The molecule has 2 atom stereocenters. The van der Waals surface area contributed by atoms with Gasteiger partial charge in [0.2, 0.25) is 0 Å². The quantitative estimate of drug-likeness (QED) is 0.897. The van der Waals surface area contributed by atoms with E-state index in [-0.39, 0.29) is 11.9 Å². The molecular weight excluding hydrogens is 316 g/mol. The average molecular weight is 340 g/mol. The number of ether oxygens (including phenoxy) is 1. The van der Waals surface area contributed by atoms with Crippen molar-refractivity contribution in [1.82, 2.24) is 15.1 Å². The molecule has 2 aromatic rings. The van der Waals surface area contributed by atoms with Gasteiger partial charge in [-0.25, -0.2) is 4.68 Å². The Hall–Kier alpha value is -2.18. The van der Waals surface area contributed by atoms with Crippen molar-refractivity contribution in [3.8, 4) is 0 Å². The second kappa shape index (κ2) is 6.98. The van der Waals surface area contributed by atoms with Crippen LogP contribution in [0.3, 0.4) is 0 Å². The number of carbonyl (C=O) groups is 1. The Kier molecular flexibility index (Phi) is 4.55. The van der Waals surface area contributed by atoms with Crippen LogP contribution in [0.2, 0.25) is 0 Å². The van der Waals surface area contributed by atoms with Crippen LogP contribution >= 0.6 is 0 Å². The lowest BCUT2D eigenvalue weighted by molar-refractivity contribution is -0.128. The molecule has 0 spiro atoms. The summed E-state index contributed by atoms with van der Waals surface area (Å²) >= 11 is 0. The number of carbonyl (C=O) groups excluding carboxylic acids is 1. The number of aryl methyl sites for hydroxylation is 2. The molecule has 1 aromatic carbocycles. The highest BCUT2D eigenvalue weighted by atomic mass is 16.5. The number of nitrogens with one attached hydrogen (secondary N) is 2. The van der Waals surface area contributed by atoms with Crippen molar-refractivity contribution in [3.05, 3.63) is 47.2 Å². The molecule has 25 heavy (non-hydrogen) atoms. The van der Waals surface area contributed by atoms with Crippen LogP contribution in [-0.2, 0) is 16.0 Å². The second-order valence-electron chi connectivity index (χ2n) is 6.78. The summed E-state index contributed by atoms with van der Waals surface area (Å²) < 4.78 is 7.54. The zero-order valence-corrected chi connectivity index (χ0v) is 14.5. The summed E-state index contributed by atoms with van der Waals surface area (Å²) in [5.74, 6) is 0.669. The first-order chi connectivity index (χ1) is 12.2. The Morgan fingerprint density at radius 2 is 2.28 bits per heavy atom. The predicted molar refractivity (Wildman–Crippen MR) is 95.7 cm³/mol. The third-order valence-electron chi connectivity index (χ3n) is 5.07. The van der Waals surface area contributed by atoms with Crippen molar-refractivity contribution < 1.29 is 9.53 Å². The molecular formula is C19H24N4O2. The summed E-state index contributed by atoms with van der Waals surface area (Å²) in [6, 6.07) is 8.70. The molecule has 1 aliphatic carbocycles. The van der Waals surface area contributed by atoms with Gasteiger partial charge in [-0.2, -0.15) is 5.10 Å². The molecule has 2 aliphatic rings. The van der Waals surface area contributed by atoms with Crippen LogP contribution in [0.4, 0.5) is 5.82 Å². The van der Waals surface area contributed by atoms with E-state index in [1.54, 1.807) is 0 Å². The van der Waals surface area contributed by atoms with Crippen LogP contribution in [-0.4, -0.2) is 41.5 Å². The Balaban J connectivity index is 1.61. The molecule has 6 heteroatoms. The maximum atomic E-state index is 12.6. The first-order valence-electron chi connectivity index (χ1n) is 8.99. The minimum atomic E-state index is -0.449. The maximum Gasteiger partial charge on any atom is 0.255 e. The van der Waals surface area contributed by atoms with Crippen LogP contribution in [0, 0.1) is 6.92 Å². The Morgan fingerprint density at radius 1 is 1.40 bits per heavy atom. The third kappa shape index (κ3) is 3.19. The molecule has 4 rings (SSSR count). The maximum absolute atomic E-state index is 12.6. The Bertz CT molecular complexity index is 765. The van der Waals surface area contributed by atoms with Crippen molar-refractivity contribution in [2.75, 3.05) is 25.0 Å². The number of rotatable bonds is 3. The fraction of sp³-hybridized carbons (Fsp3) is 0.474. The molecule has 0 bridgehead atoms. The van der Waals surface area contributed by atoms with E-state index < -0.39 is 6.10 Å². The van der Waals surface area contributed by atoms with E-state index in [0.29, 0.717) is 13.2 Å². The first-order valence-corrected chi connectivity index (χ1v) is 8.99. The average Bonchev–Trinajstić information content (AvgIpc) is 3.02. The molecule has 0 saturated carbocycles. The van der Waals surface area contributed by atoms with Crippen LogP contribution in [0.25, 0.3) is 0 Å². The number of anilines is 1. The summed E-state index contributed by atoms with van der Waals surface area (Å²) in [7, 11) is 0. The molecule has 2 unspecified atom stereocenters. The highest BCUT2D eigenvalue weighted by molar-refractivity contribution is 5.94.